The Hall–Kier alpha value is -2.48. The van der Waals surface area contributed by atoms with Crippen LogP contribution in [-0.4, -0.2) is 60.3 Å². The Morgan fingerprint density at radius 3 is 2.84 bits per heavy atom. The first-order valence-electron chi connectivity index (χ1n) is 8.14. The molecule has 0 bridgehead atoms. The van der Waals surface area contributed by atoms with E-state index in [4.69, 9.17) is 14.0 Å². The fourth-order valence-corrected chi connectivity index (χ4v) is 2.45. The standard InChI is InChI=1S/C17H23N3O5/c1-5-24-7-6-20(10-11(2)17(22)23-4)16(21)13-8-14-12(3)19-25-15(14)18-9-13/h8-9,11H,5-7,10H2,1-4H3. The molecule has 25 heavy (non-hydrogen) atoms. The van der Waals surface area contributed by atoms with Gasteiger partial charge in [-0.15, -0.1) is 0 Å². The van der Waals surface area contributed by atoms with Crippen LogP contribution in [0.4, 0.5) is 0 Å². The Bertz CT molecular complexity index is 743. The second-order valence-electron chi connectivity index (χ2n) is 5.72. The van der Waals surface area contributed by atoms with Crippen molar-refractivity contribution in [3.63, 3.8) is 0 Å². The van der Waals surface area contributed by atoms with E-state index in [0.29, 0.717) is 42.1 Å². The molecule has 0 radical (unpaired) electrons. The second kappa shape index (κ2) is 8.57. The van der Waals surface area contributed by atoms with Gasteiger partial charge in [-0.1, -0.05) is 12.1 Å². The summed E-state index contributed by atoms with van der Waals surface area (Å²) < 4.78 is 15.2. The highest BCUT2D eigenvalue weighted by Crippen LogP contribution is 2.18. The monoisotopic (exact) mass is 349 g/mol. The smallest absolute Gasteiger partial charge is 0.310 e. The van der Waals surface area contributed by atoms with E-state index < -0.39 is 5.92 Å². The van der Waals surface area contributed by atoms with E-state index in [0.717, 1.165) is 0 Å². The minimum absolute atomic E-state index is 0.231. The van der Waals surface area contributed by atoms with Crippen LogP contribution >= 0.6 is 0 Å². The lowest BCUT2D eigenvalue weighted by atomic mass is 10.1. The number of aromatic nitrogens is 2. The average Bonchev–Trinajstić information content (AvgIpc) is 3.00. The molecule has 0 fully saturated rings. The molecule has 0 aliphatic heterocycles. The van der Waals surface area contributed by atoms with Crippen molar-refractivity contribution in [1.29, 1.82) is 0 Å². The number of nitrogens with zero attached hydrogens (tertiary/aromatic N) is 3. The van der Waals surface area contributed by atoms with Crippen LogP contribution in [0.25, 0.3) is 11.1 Å². The fraction of sp³-hybridized carbons (Fsp3) is 0.529. The van der Waals surface area contributed by atoms with Gasteiger partial charge in [0.2, 0.25) is 0 Å². The normalized spacial score (nSPS) is 12.2. The van der Waals surface area contributed by atoms with Gasteiger partial charge in [0, 0.05) is 25.9 Å². The first-order chi connectivity index (χ1) is 12.0. The minimum Gasteiger partial charge on any atom is -0.469 e. The molecule has 0 aliphatic carbocycles. The molecule has 0 spiro atoms. The maximum Gasteiger partial charge on any atom is 0.310 e. The van der Waals surface area contributed by atoms with Gasteiger partial charge in [0.25, 0.3) is 11.6 Å². The SMILES string of the molecule is CCOCCN(CC(C)C(=O)OC)C(=O)c1cnc2onc(C)c2c1. The Morgan fingerprint density at radius 2 is 2.16 bits per heavy atom. The lowest BCUT2D eigenvalue weighted by Crippen LogP contribution is -2.39. The number of hydrogen-bond donors (Lipinski definition) is 0. The molecule has 2 heterocycles. The van der Waals surface area contributed by atoms with Crippen molar-refractivity contribution >= 4 is 23.0 Å². The first kappa shape index (κ1) is 18.9. The molecule has 2 aromatic heterocycles. The molecule has 0 aliphatic rings. The fourth-order valence-electron chi connectivity index (χ4n) is 2.45. The lowest BCUT2D eigenvalue weighted by molar-refractivity contribution is -0.145. The van der Waals surface area contributed by atoms with Gasteiger partial charge in [0.05, 0.1) is 36.3 Å². The van der Waals surface area contributed by atoms with Crippen molar-refractivity contribution in [2.24, 2.45) is 5.92 Å². The molecule has 2 aromatic rings. The number of fused-ring (bicyclic) bond motifs is 1. The summed E-state index contributed by atoms with van der Waals surface area (Å²) in [6.45, 7) is 6.94. The Morgan fingerprint density at radius 1 is 1.40 bits per heavy atom. The third-order valence-electron chi connectivity index (χ3n) is 3.85. The molecule has 8 nitrogen and oxygen atoms in total. The lowest BCUT2D eigenvalue weighted by Gasteiger charge is -2.25. The van der Waals surface area contributed by atoms with E-state index in [-0.39, 0.29) is 18.4 Å². The maximum atomic E-state index is 12.9. The van der Waals surface area contributed by atoms with Crippen LogP contribution in [0.15, 0.2) is 16.8 Å². The Balaban J connectivity index is 2.21. The molecule has 8 heteroatoms. The van der Waals surface area contributed by atoms with Crippen molar-refractivity contribution in [1.82, 2.24) is 15.0 Å². The van der Waals surface area contributed by atoms with E-state index in [1.165, 1.54) is 13.3 Å². The van der Waals surface area contributed by atoms with E-state index >= 15 is 0 Å². The van der Waals surface area contributed by atoms with E-state index in [1.54, 1.807) is 24.8 Å². The molecule has 136 valence electrons. The number of amides is 1. The van der Waals surface area contributed by atoms with Crippen molar-refractivity contribution in [3.05, 3.63) is 23.5 Å². The van der Waals surface area contributed by atoms with Gasteiger partial charge in [-0.2, -0.15) is 0 Å². The molecule has 0 N–H and O–H groups in total. The predicted molar refractivity (Wildman–Crippen MR) is 90.1 cm³/mol. The summed E-state index contributed by atoms with van der Waals surface area (Å²) in [7, 11) is 1.33. The topological polar surface area (TPSA) is 94.8 Å². The van der Waals surface area contributed by atoms with E-state index in [1.807, 2.05) is 6.92 Å². The number of methoxy groups -OCH3 is 1. The number of carbonyl (C=O) groups is 2. The molecule has 0 saturated heterocycles. The van der Waals surface area contributed by atoms with Crippen molar-refractivity contribution in [2.45, 2.75) is 20.8 Å². The number of carbonyl (C=O) groups excluding carboxylic acids is 2. The first-order valence-corrected chi connectivity index (χ1v) is 8.14. The van der Waals surface area contributed by atoms with Gasteiger partial charge < -0.3 is 18.9 Å². The minimum atomic E-state index is -0.440. The average molecular weight is 349 g/mol. The summed E-state index contributed by atoms with van der Waals surface area (Å²) in [5, 5.41) is 4.53. The van der Waals surface area contributed by atoms with Gasteiger partial charge in [-0.05, 0) is 19.9 Å². The van der Waals surface area contributed by atoms with E-state index in [9.17, 15) is 9.59 Å². The molecule has 0 saturated carbocycles. The van der Waals surface area contributed by atoms with Gasteiger partial charge in [-0.3, -0.25) is 9.59 Å². The van der Waals surface area contributed by atoms with Crippen LogP contribution in [0.1, 0.15) is 29.9 Å². The highest BCUT2D eigenvalue weighted by Gasteiger charge is 2.23. The zero-order chi connectivity index (χ0) is 18.4. The van der Waals surface area contributed by atoms with Crippen LogP contribution < -0.4 is 0 Å². The number of ether oxygens (including phenoxy) is 2. The summed E-state index contributed by atoms with van der Waals surface area (Å²) in [5.41, 5.74) is 1.46. The molecule has 2 rings (SSSR count). The van der Waals surface area contributed by atoms with Crippen LogP contribution in [0.2, 0.25) is 0 Å². The van der Waals surface area contributed by atoms with Crippen LogP contribution in [0.3, 0.4) is 0 Å². The number of esters is 1. The highest BCUT2D eigenvalue weighted by atomic mass is 16.5. The molecule has 0 aromatic carbocycles. The highest BCUT2D eigenvalue weighted by molar-refractivity contribution is 5.97. The van der Waals surface area contributed by atoms with Gasteiger partial charge in [-0.25, -0.2) is 4.98 Å². The van der Waals surface area contributed by atoms with Crippen molar-refractivity contribution in [3.8, 4) is 0 Å². The zero-order valence-electron chi connectivity index (χ0n) is 14.9. The van der Waals surface area contributed by atoms with Crippen LogP contribution in [-0.2, 0) is 14.3 Å². The van der Waals surface area contributed by atoms with Crippen LogP contribution in [0.5, 0.6) is 0 Å². The van der Waals surface area contributed by atoms with Crippen molar-refractivity contribution < 1.29 is 23.6 Å². The summed E-state index contributed by atoms with van der Waals surface area (Å²) in [6, 6.07) is 1.70. The molecular formula is C17H23N3O5. The molecule has 1 unspecified atom stereocenters. The second-order valence-corrected chi connectivity index (χ2v) is 5.72. The Labute approximate surface area is 146 Å². The number of aryl methyl sites for hydroxylation is 1. The molecule has 1 atom stereocenters. The number of hydrogen-bond acceptors (Lipinski definition) is 7. The van der Waals surface area contributed by atoms with Gasteiger partial charge in [0.15, 0.2) is 0 Å². The third-order valence-corrected chi connectivity index (χ3v) is 3.85. The third kappa shape index (κ3) is 4.54. The summed E-state index contributed by atoms with van der Waals surface area (Å²) in [5.74, 6) is -1.03. The Kier molecular flexibility index (Phi) is 6.46. The summed E-state index contributed by atoms with van der Waals surface area (Å²) in [6.07, 6.45) is 1.45. The van der Waals surface area contributed by atoms with E-state index in [2.05, 4.69) is 10.1 Å². The van der Waals surface area contributed by atoms with Gasteiger partial charge in [0.1, 0.15) is 0 Å². The quantitative estimate of drug-likeness (QED) is 0.530. The predicted octanol–water partition coefficient (Wildman–Crippen LogP) is 1.82. The molecular weight excluding hydrogens is 326 g/mol. The summed E-state index contributed by atoms with van der Waals surface area (Å²) >= 11 is 0. The maximum absolute atomic E-state index is 12.9. The van der Waals surface area contributed by atoms with Crippen molar-refractivity contribution in [2.75, 3.05) is 33.4 Å². The number of rotatable bonds is 8. The van der Waals surface area contributed by atoms with Gasteiger partial charge >= 0.3 is 5.97 Å². The van der Waals surface area contributed by atoms with Crippen LogP contribution in [0, 0.1) is 12.8 Å². The molecule has 1 amide bonds. The largest absolute Gasteiger partial charge is 0.469 e. The number of pyridine rings is 1. The zero-order valence-corrected chi connectivity index (χ0v) is 14.9. The summed E-state index contributed by atoms with van der Waals surface area (Å²) in [4.78, 5) is 30.3.